The Morgan fingerprint density at radius 2 is 1.71 bits per heavy atom. The number of aromatic nitrogens is 1. The first-order valence-corrected chi connectivity index (χ1v) is 13.6. The molecule has 204 valence electrons. The minimum atomic E-state index is -0.672. The Balaban J connectivity index is 1.43. The second-order valence-electron chi connectivity index (χ2n) is 10.4. The van der Waals surface area contributed by atoms with Crippen molar-refractivity contribution in [1.82, 2.24) is 9.47 Å². The molecule has 1 atom stereocenters. The van der Waals surface area contributed by atoms with Gasteiger partial charge >= 0.3 is 5.97 Å². The van der Waals surface area contributed by atoms with Crippen LogP contribution >= 0.6 is 11.6 Å². The van der Waals surface area contributed by atoms with E-state index in [1.54, 1.807) is 0 Å². The minimum absolute atomic E-state index is 0.00418. The highest BCUT2D eigenvalue weighted by atomic mass is 35.5. The van der Waals surface area contributed by atoms with Crippen LogP contribution in [-0.2, 0) is 17.9 Å². The summed E-state index contributed by atoms with van der Waals surface area (Å²) in [6, 6.07) is 17.3. The van der Waals surface area contributed by atoms with E-state index in [0.29, 0.717) is 24.1 Å². The van der Waals surface area contributed by atoms with Gasteiger partial charge in [0.15, 0.2) is 11.8 Å². The number of nitrogens with zero attached hydrogens (tertiary/aromatic N) is 2. The first kappa shape index (κ1) is 27.9. The van der Waals surface area contributed by atoms with Crippen molar-refractivity contribution in [2.24, 2.45) is 11.8 Å². The molecule has 0 unspecified atom stereocenters. The largest absolute Gasteiger partial charge is 0.494 e. The van der Waals surface area contributed by atoms with E-state index < -0.39 is 5.97 Å². The van der Waals surface area contributed by atoms with Crippen LogP contribution in [0.15, 0.2) is 54.6 Å². The number of rotatable bonds is 11. The van der Waals surface area contributed by atoms with Gasteiger partial charge in [0.25, 0.3) is 0 Å². The molecule has 1 heterocycles. The van der Waals surface area contributed by atoms with Crippen LogP contribution in [0.5, 0.6) is 17.5 Å². The number of aryl methyl sites for hydroxylation is 1. The van der Waals surface area contributed by atoms with Gasteiger partial charge in [-0.3, -0.25) is 14.3 Å². The first-order chi connectivity index (χ1) is 18.2. The van der Waals surface area contributed by atoms with Crippen molar-refractivity contribution < 1.29 is 24.9 Å². The Hall–Kier alpha value is -3.16. The van der Waals surface area contributed by atoms with Crippen LogP contribution in [0.1, 0.15) is 55.3 Å². The fourth-order valence-electron chi connectivity index (χ4n) is 5.36. The van der Waals surface area contributed by atoms with Gasteiger partial charge in [-0.15, -0.1) is 0 Å². The van der Waals surface area contributed by atoms with Gasteiger partial charge in [-0.25, -0.2) is 0 Å². The standard InChI is InChI=1S/C30H37ClN2O5/c1-20-17-23(5-12-27(20)38-16-15-33-28(34)13-14-29(33)35)19-32(21(2)24-8-10-26(31)11-9-24)18-22-3-6-25(7-4-22)30(36)37/h5,8-14,17,21-22,25,34-35H,3-4,6-7,15-16,18-19H2,1-2H3,(H,36,37)/t21-,22?,25?/m1/s1. The number of ether oxygens (including phenoxy) is 1. The third-order valence-electron chi connectivity index (χ3n) is 7.72. The molecule has 0 spiro atoms. The van der Waals surface area contributed by atoms with E-state index in [4.69, 9.17) is 16.3 Å². The summed E-state index contributed by atoms with van der Waals surface area (Å²) in [5.41, 5.74) is 3.39. The second-order valence-corrected chi connectivity index (χ2v) is 10.8. The van der Waals surface area contributed by atoms with Gasteiger partial charge in [-0.1, -0.05) is 35.9 Å². The van der Waals surface area contributed by atoms with Crippen molar-refractivity contribution in [3.63, 3.8) is 0 Å². The number of aliphatic carboxylic acids is 1. The number of carbonyl (C=O) groups is 1. The number of hydrogen-bond donors (Lipinski definition) is 3. The Morgan fingerprint density at radius 3 is 2.32 bits per heavy atom. The average Bonchev–Trinajstić information content (AvgIpc) is 3.22. The molecule has 0 amide bonds. The highest BCUT2D eigenvalue weighted by Gasteiger charge is 2.28. The molecule has 7 nitrogen and oxygen atoms in total. The van der Waals surface area contributed by atoms with E-state index in [-0.39, 0.29) is 23.7 Å². The van der Waals surface area contributed by atoms with E-state index >= 15 is 0 Å². The fourth-order valence-corrected chi connectivity index (χ4v) is 5.49. The third kappa shape index (κ3) is 7.03. The molecule has 1 aliphatic carbocycles. The average molecular weight is 541 g/mol. The molecule has 1 fully saturated rings. The summed E-state index contributed by atoms with van der Waals surface area (Å²) in [6.45, 7) is 6.54. The first-order valence-electron chi connectivity index (χ1n) is 13.2. The zero-order chi connectivity index (χ0) is 27.2. The number of benzene rings is 2. The topological polar surface area (TPSA) is 95.2 Å². The lowest BCUT2D eigenvalue weighted by Crippen LogP contribution is -2.34. The quantitative estimate of drug-likeness (QED) is 0.261. The second kappa shape index (κ2) is 12.6. The maximum atomic E-state index is 11.4. The summed E-state index contributed by atoms with van der Waals surface area (Å²) < 4.78 is 7.33. The Labute approximate surface area is 229 Å². The molecular weight excluding hydrogens is 504 g/mol. The monoisotopic (exact) mass is 540 g/mol. The summed E-state index contributed by atoms with van der Waals surface area (Å²) in [5.74, 6) is 0.354. The van der Waals surface area contributed by atoms with Crippen molar-refractivity contribution in [3.8, 4) is 17.5 Å². The molecule has 38 heavy (non-hydrogen) atoms. The SMILES string of the molecule is Cc1cc(CN(CC2CCC(C(=O)O)CC2)[C@H](C)c2ccc(Cl)cc2)ccc1OCCn1c(O)ccc1O. The predicted molar refractivity (Wildman–Crippen MR) is 148 cm³/mol. The molecular formula is C30H37ClN2O5. The molecule has 1 saturated carbocycles. The van der Waals surface area contributed by atoms with Crippen LogP contribution in [0.25, 0.3) is 0 Å². The van der Waals surface area contributed by atoms with Crippen molar-refractivity contribution in [2.45, 2.75) is 58.7 Å². The maximum absolute atomic E-state index is 11.4. The van der Waals surface area contributed by atoms with Crippen LogP contribution in [-0.4, -0.2) is 43.9 Å². The number of carboxylic acids is 1. The van der Waals surface area contributed by atoms with Gasteiger partial charge in [0, 0.05) is 36.3 Å². The van der Waals surface area contributed by atoms with Crippen LogP contribution in [0.4, 0.5) is 0 Å². The van der Waals surface area contributed by atoms with E-state index in [1.807, 2.05) is 25.1 Å². The number of carboxylic acid groups (broad SMARTS) is 1. The molecule has 0 saturated heterocycles. The Bertz CT molecular complexity index is 1200. The Kier molecular flexibility index (Phi) is 9.23. The molecule has 1 aliphatic rings. The van der Waals surface area contributed by atoms with Gasteiger partial charge in [0.1, 0.15) is 12.4 Å². The smallest absolute Gasteiger partial charge is 0.306 e. The summed E-state index contributed by atoms with van der Waals surface area (Å²) in [5, 5.41) is 29.7. The van der Waals surface area contributed by atoms with Crippen LogP contribution in [0.2, 0.25) is 5.02 Å². The van der Waals surface area contributed by atoms with Gasteiger partial charge in [0.2, 0.25) is 0 Å². The lowest BCUT2D eigenvalue weighted by atomic mass is 9.81. The summed E-state index contributed by atoms with van der Waals surface area (Å²) in [7, 11) is 0. The normalized spacial score (nSPS) is 18.4. The zero-order valence-electron chi connectivity index (χ0n) is 22.0. The molecule has 2 aromatic carbocycles. The zero-order valence-corrected chi connectivity index (χ0v) is 22.8. The van der Waals surface area contributed by atoms with E-state index in [0.717, 1.165) is 50.1 Å². The minimum Gasteiger partial charge on any atom is -0.494 e. The van der Waals surface area contributed by atoms with Crippen LogP contribution in [0, 0.1) is 18.8 Å². The van der Waals surface area contributed by atoms with Crippen LogP contribution < -0.4 is 4.74 Å². The number of hydrogen-bond acceptors (Lipinski definition) is 5. The molecule has 0 radical (unpaired) electrons. The molecule has 0 bridgehead atoms. The van der Waals surface area contributed by atoms with E-state index in [1.165, 1.54) is 27.8 Å². The molecule has 3 N–H and O–H groups in total. The van der Waals surface area contributed by atoms with E-state index in [2.05, 4.69) is 36.1 Å². The van der Waals surface area contributed by atoms with Crippen LogP contribution in [0.3, 0.4) is 0 Å². The lowest BCUT2D eigenvalue weighted by Gasteiger charge is -2.35. The summed E-state index contributed by atoms with van der Waals surface area (Å²) in [4.78, 5) is 13.9. The Morgan fingerprint density at radius 1 is 1.05 bits per heavy atom. The summed E-state index contributed by atoms with van der Waals surface area (Å²) in [6.07, 6.45) is 3.35. The van der Waals surface area contributed by atoms with Gasteiger partial charge in [-0.2, -0.15) is 0 Å². The lowest BCUT2D eigenvalue weighted by molar-refractivity contribution is -0.143. The molecule has 3 aromatic rings. The maximum Gasteiger partial charge on any atom is 0.306 e. The van der Waals surface area contributed by atoms with Crippen molar-refractivity contribution in [1.29, 1.82) is 0 Å². The van der Waals surface area contributed by atoms with Gasteiger partial charge in [0.05, 0.1) is 12.5 Å². The molecule has 1 aromatic heterocycles. The molecule has 8 heteroatoms. The highest BCUT2D eigenvalue weighted by Crippen LogP contribution is 2.33. The van der Waals surface area contributed by atoms with Crippen molar-refractivity contribution in [3.05, 3.63) is 76.3 Å². The van der Waals surface area contributed by atoms with Gasteiger partial charge < -0.3 is 20.1 Å². The van der Waals surface area contributed by atoms with Gasteiger partial charge in [-0.05, 0) is 80.3 Å². The van der Waals surface area contributed by atoms with E-state index in [9.17, 15) is 20.1 Å². The predicted octanol–water partition coefficient (Wildman–Crippen LogP) is 6.39. The summed E-state index contributed by atoms with van der Waals surface area (Å²) >= 11 is 6.13. The highest BCUT2D eigenvalue weighted by molar-refractivity contribution is 6.30. The van der Waals surface area contributed by atoms with Crippen molar-refractivity contribution in [2.75, 3.05) is 13.2 Å². The number of aromatic hydroxyl groups is 2. The molecule has 0 aliphatic heterocycles. The van der Waals surface area contributed by atoms with Crippen molar-refractivity contribution >= 4 is 17.6 Å². The third-order valence-corrected chi connectivity index (χ3v) is 7.97. The molecule has 4 rings (SSSR count). The fraction of sp³-hybridized carbons (Fsp3) is 0.433. The number of halogens is 1.